The van der Waals surface area contributed by atoms with Gasteiger partial charge in [-0.2, -0.15) is 0 Å². The summed E-state index contributed by atoms with van der Waals surface area (Å²) in [4.78, 5) is 14.5. The van der Waals surface area contributed by atoms with Crippen molar-refractivity contribution in [3.63, 3.8) is 0 Å². The third-order valence-electron chi connectivity index (χ3n) is 4.14. The van der Waals surface area contributed by atoms with Crippen molar-refractivity contribution in [2.24, 2.45) is 11.8 Å². The molecule has 0 aromatic heterocycles. The van der Waals surface area contributed by atoms with E-state index in [9.17, 15) is 4.79 Å². The van der Waals surface area contributed by atoms with Gasteiger partial charge in [-0.05, 0) is 31.1 Å². The number of carbonyl (C=O) groups excluding carboxylic acids is 1. The quantitative estimate of drug-likeness (QED) is 0.797. The Kier molecular flexibility index (Phi) is 3.48. The first kappa shape index (κ1) is 12.9. The van der Waals surface area contributed by atoms with Crippen LogP contribution in [0.4, 0.5) is 0 Å². The number of hydrogen-bond donors (Lipinski definition) is 1. The Balaban J connectivity index is 2.05. The summed E-state index contributed by atoms with van der Waals surface area (Å²) in [6.07, 6.45) is 4.57. The second kappa shape index (κ2) is 4.60. The van der Waals surface area contributed by atoms with E-state index < -0.39 is 0 Å². The molecule has 17 heavy (non-hydrogen) atoms. The van der Waals surface area contributed by atoms with Crippen molar-refractivity contribution in [1.82, 2.24) is 10.2 Å². The van der Waals surface area contributed by atoms with Crippen molar-refractivity contribution < 1.29 is 4.79 Å². The number of amides is 1. The summed E-state index contributed by atoms with van der Waals surface area (Å²) in [5.74, 6) is 1.60. The van der Waals surface area contributed by atoms with Crippen LogP contribution < -0.4 is 5.32 Å². The third-order valence-corrected chi connectivity index (χ3v) is 4.14. The molecule has 98 valence electrons. The molecule has 2 rings (SSSR count). The molecule has 1 amide bonds. The van der Waals surface area contributed by atoms with E-state index >= 15 is 0 Å². The molecule has 0 bridgehead atoms. The first-order valence-electron chi connectivity index (χ1n) is 7.07. The fourth-order valence-corrected chi connectivity index (χ4v) is 2.67. The van der Waals surface area contributed by atoms with Crippen LogP contribution in [0.5, 0.6) is 0 Å². The Bertz CT molecular complexity index is 297. The zero-order valence-electron chi connectivity index (χ0n) is 11.6. The van der Waals surface area contributed by atoms with Gasteiger partial charge in [0.05, 0.1) is 11.7 Å². The third kappa shape index (κ3) is 2.49. The summed E-state index contributed by atoms with van der Waals surface area (Å²) >= 11 is 0. The van der Waals surface area contributed by atoms with Crippen LogP contribution in [0.2, 0.25) is 0 Å². The van der Waals surface area contributed by atoms with Crippen molar-refractivity contribution in [3.05, 3.63) is 0 Å². The number of nitrogens with one attached hydrogen (secondary N) is 1. The van der Waals surface area contributed by atoms with E-state index in [4.69, 9.17) is 0 Å². The Labute approximate surface area is 105 Å². The lowest BCUT2D eigenvalue weighted by atomic mass is 10.1. The molecule has 1 spiro atoms. The number of rotatable bonds is 5. The molecule has 0 aromatic carbocycles. The monoisotopic (exact) mass is 238 g/mol. The predicted molar refractivity (Wildman–Crippen MR) is 69.5 cm³/mol. The lowest BCUT2D eigenvalue weighted by Gasteiger charge is -2.27. The van der Waals surface area contributed by atoms with Gasteiger partial charge in [0.1, 0.15) is 0 Å². The largest absolute Gasteiger partial charge is 0.325 e. The van der Waals surface area contributed by atoms with Gasteiger partial charge < -0.3 is 4.90 Å². The van der Waals surface area contributed by atoms with E-state index in [-0.39, 0.29) is 11.7 Å². The highest BCUT2D eigenvalue weighted by Gasteiger charge is 2.58. The van der Waals surface area contributed by atoms with Gasteiger partial charge in [-0.1, -0.05) is 34.1 Å². The van der Waals surface area contributed by atoms with Gasteiger partial charge in [-0.25, -0.2) is 0 Å². The fraction of sp³-hybridized carbons (Fsp3) is 0.929. The van der Waals surface area contributed by atoms with Crippen LogP contribution in [0.15, 0.2) is 0 Å². The van der Waals surface area contributed by atoms with E-state index in [0.717, 1.165) is 32.2 Å². The van der Waals surface area contributed by atoms with Gasteiger partial charge >= 0.3 is 0 Å². The second-order valence-corrected chi connectivity index (χ2v) is 6.34. The number of nitrogens with zero attached hydrogens (tertiary/aromatic N) is 1. The van der Waals surface area contributed by atoms with Crippen molar-refractivity contribution in [3.8, 4) is 0 Å². The predicted octanol–water partition coefficient (Wildman–Crippen LogP) is 2.37. The van der Waals surface area contributed by atoms with E-state index in [1.807, 2.05) is 0 Å². The van der Waals surface area contributed by atoms with Gasteiger partial charge in [0.25, 0.3) is 0 Å². The fourth-order valence-electron chi connectivity index (χ4n) is 2.67. The molecular formula is C14H26N2O. The Morgan fingerprint density at radius 1 is 1.41 bits per heavy atom. The highest BCUT2D eigenvalue weighted by atomic mass is 16.2. The van der Waals surface area contributed by atoms with E-state index in [1.165, 1.54) is 0 Å². The van der Waals surface area contributed by atoms with Crippen LogP contribution in [0, 0.1) is 11.8 Å². The van der Waals surface area contributed by atoms with E-state index in [1.54, 1.807) is 0 Å². The van der Waals surface area contributed by atoms with Crippen LogP contribution >= 0.6 is 0 Å². The van der Waals surface area contributed by atoms with Crippen molar-refractivity contribution in [2.75, 3.05) is 6.54 Å². The second-order valence-electron chi connectivity index (χ2n) is 6.34. The summed E-state index contributed by atoms with van der Waals surface area (Å²) in [7, 11) is 0. The lowest BCUT2D eigenvalue weighted by molar-refractivity contribution is -0.131. The topological polar surface area (TPSA) is 32.3 Å². The van der Waals surface area contributed by atoms with Gasteiger partial charge in [0, 0.05) is 6.54 Å². The number of hydrogen-bond acceptors (Lipinski definition) is 2. The molecule has 1 aliphatic carbocycles. The normalized spacial score (nSPS) is 28.2. The lowest BCUT2D eigenvalue weighted by Crippen LogP contribution is -2.40. The zero-order valence-corrected chi connectivity index (χ0v) is 11.6. The Hall–Kier alpha value is -0.570. The van der Waals surface area contributed by atoms with Crippen LogP contribution in [0.3, 0.4) is 0 Å². The average molecular weight is 238 g/mol. The minimum atomic E-state index is -0.146. The van der Waals surface area contributed by atoms with Gasteiger partial charge in [-0.3, -0.25) is 10.1 Å². The molecule has 2 atom stereocenters. The van der Waals surface area contributed by atoms with Crippen LogP contribution in [0.1, 0.15) is 53.4 Å². The van der Waals surface area contributed by atoms with Crippen molar-refractivity contribution in [2.45, 2.75) is 65.1 Å². The summed E-state index contributed by atoms with van der Waals surface area (Å²) in [6.45, 7) is 9.80. The molecule has 1 saturated carbocycles. The van der Waals surface area contributed by atoms with E-state index in [0.29, 0.717) is 17.7 Å². The summed E-state index contributed by atoms with van der Waals surface area (Å²) in [5, 5.41) is 3.58. The standard InChI is InChI=1S/C14H26N2O/c1-5-11(4)9-16-12(8-10(2)3)15-14(6-7-14)13(16)17/h10-12,15H,5-9H2,1-4H3. The summed E-state index contributed by atoms with van der Waals surface area (Å²) < 4.78 is 0. The van der Waals surface area contributed by atoms with Crippen molar-refractivity contribution in [1.29, 1.82) is 0 Å². The Morgan fingerprint density at radius 2 is 2.06 bits per heavy atom. The molecule has 1 N–H and O–H groups in total. The molecule has 3 nitrogen and oxygen atoms in total. The van der Waals surface area contributed by atoms with Crippen LogP contribution in [0.25, 0.3) is 0 Å². The van der Waals surface area contributed by atoms with E-state index in [2.05, 4.69) is 37.9 Å². The highest BCUT2D eigenvalue weighted by molar-refractivity contribution is 5.91. The minimum Gasteiger partial charge on any atom is -0.325 e. The smallest absolute Gasteiger partial charge is 0.244 e. The summed E-state index contributed by atoms with van der Waals surface area (Å²) in [6, 6.07) is 0. The molecule has 3 heteroatoms. The molecule has 1 aliphatic heterocycles. The Morgan fingerprint density at radius 3 is 2.53 bits per heavy atom. The first-order chi connectivity index (χ1) is 7.98. The van der Waals surface area contributed by atoms with Crippen LogP contribution in [-0.4, -0.2) is 29.1 Å². The number of carbonyl (C=O) groups is 1. The average Bonchev–Trinajstić information content (AvgIpc) is 2.99. The molecule has 0 aromatic rings. The molecular weight excluding hydrogens is 212 g/mol. The minimum absolute atomic E-state index is 0.146. The highest BCUT2D eigenvalue weighted by Crippen LogP contribution is 2.43. The molecule has 2 unspecified atom stereocenters. The van der Waals surface area contributed by atoms with Crippen molar-refractivity contribution >= 4 is 5.91 Å². The maximum absolute atomic E-state index is 12.4. The molecule has 0 radical (unpaired) electrons. The SMILES string of the molecule is CCC(C)CN1C(=O)C2(CC2)NC1CC(C)C. The summed E-state index contributed by atoms with van der Waals surface area (Å²) in [5.41, 5.74) is -0.146. The molecule has 2 aliphatic rings. The molecule has 2 fully saturated rings. The van der Waals surface area contributed by atoms with Gasteiger partial charge in [0.2, 0.25) is 5.91 Å². The maximum atomic E-state index is 12.4. The van der Waals surface area contributed by atoms with Gasteiger partial charge in [0.15, 0.2) is 0 Å². The maximum Gasteiger partial charge on any atom is 0.244 e. The first-order valence-corrected chi connectivity index (χ1v) is 7.07. The van der Waals surface area contributed by atoms with Crippen LogP contribution in [-0.2, 0) is 4.79 Å². The molecule has 1 heterocycles. The zero-order chi connectivity index (χ0) is 12.6. The molecule has 1 saturated heterocycles. The van der Waals surface area contributed by atoms with Gasteiger partial charge in [-0.15, -0.1) is 0 Å².